The average Bonchev–Trinajstić information content (AvgIpc) is 2.51. The SMILES string of the molecule is Clc1ccc(Cl)c(N2CCNC(C3CCCCC3)C2)c1. The first-order valence-corrected chi connectivity index (χ1v) is 8.43. The van der Waals surface area contributed by atoms with Crippen molar-refractivity contribution >= 4 is 28.9 Å². The van der Waals surface area contributed by atoms with Gasteiger partial charge in [0.2, 0.25) is 0 Å². The molecule has 1 aromatic carbocycles. The van der Waals surface area contributed by atoms with Gasteiger partial charge in [0, 0.05) is 30.7 Å². The molecule has 2 aliphatic rings. The number of benzene rings is 1. The highest BCUT2D eigenvalue weighted by Gasteiger charge is 2.28. The summed E-state index contributed by atoms with van der Waals surface area (Å²) in [4.78, 5) is 2.39. The van der Waals surface area contributed by atoms with E-state index < -0.39 is 0 Å². The highest BCUT2D eigenvalue weighted by Crippen LogP contribution is 2.32. The van der Waals surface area contributed by atoms with Crippen molar-refractivity contribution in [2.75, 3.05) is 24.5 Å². The molecule has 0 radical (unpaired) electrons. The second-order valence-electron chi connectivity index (χ2n) is 6.00. The Morgan fingerprint density at radius 1 is 1.10 bits per heavy atom. The van der Waals surface area contributed by atoms with Crippen molar-refractivity contribution in [2.45, 2.75) is 38.1 Å². The molecular weight excluding hydrogens is 291 g/mol. The van der Waals surface area contributed by atoms with E-state index in [1.54, 1.807) is 0 Å². The van der Waals surface area contributed by atoms with Crippen LogP contribution in [0.1, 0.15) is 32.1 Å². The van der Waals surface area contributed by atoms with Crippen LogP contribution in [0.4, 0.5) is 5.69 Å². The van der Waals surface area contributed by atoms with Gasteiger partial charge in [0.15, 0.2) is 0 Å². The molecule has 1 saturated carbocycles. The van der Waals surface area contributed by atoms with Gasteiger partial charge in [0.1, 0.15) is 0 Å². The minimum absolute atomic E-state index is 0.596. The summed E-state index contributed by atoms with van der Waals surface area (Å²) in [5.74, 6) is 0.824. The Kier molecular flexibility index (Phi) is 4.75. The number of halogens is 2. The third kappa shape index (κ3) is 3.24. The van der Waals surface area contributed by atoms with Gasteiger partial charge in [-0.3, -0.25) is 0 Å². The van der Waals surface area contributed by atoms with Crippen LogP contribution < -0.4 is 10.2 Å². The fourth-order valence-electron chi connectivity index (χ4n) is 3.58. The monoisotopic (exact) mass is 312 g/mol. The van der Waals surface area contributed by atoms with E-state index in [-0.39, 0.29) is 0 Å². The molecule has 0 aromatic heterocycles. The molecular formula is C16H22Cl2N2. The summed E-state index contributed by atoms with van der Waals surface area (Å²) in [5, 5.41) is 5.27. The van der Waals surface area contributed by atoms with Crippen molar-refractivity contribution in [2.24, 2.45) is 5.92 Å². The third-order valence-corrected chi connectivity index (χ3v) is 5.23. The molecule has 0 spiro atoms. The van der Waals surface area contributed by atoms with Crippen LogP contribution >= 0.6 is 23.2 Å². The summed E-state index contributed by atoms with van der Waals surface area (Å²) in [6.07, 6.45) is 6.93. The lowest BCUT2D eigenvalue weighted by molar-refractivity contribution is 0.257. The molecule has 20 heavy (non-hydrogen) atoms. The van der Waals surface area contributed by atoms with Crippen LogP contribution in [-0.2, 0) is 0 Å². The van der Waals surface area contributed by atoms with Gasteiger partial charge in [0.25, 0.3) is 0 Å². The van der Waals surface area contributed by atoms with Gasteiger partial charge < -0.3 is 10.2 Å². The van der Waals surface area contributed by atoms with E-state index >= 15 is 0 Å². The fourth-order valence-corrected chi connectivity index (χ4v) is 3.98. The zero-order valence-corrected chi connectivity index (χ0v) is 13.3. The first-order valence-electron chi connectivity index (χ1n) is 7.67. The Morgan fingerprint density at radius 3 is 2.70 bits per heavy atom. The molecule has 0 amide bonds. The fraction of sp³-hybridized carbons (Fsp3) is 0.625. The van der Waals surface area contributed by atoms with Crippen molar-refractivity contribution in [3.05, 3.63) is 28.2 Å². The smallest absolute Gasteiger partial charge is 0.0640 e. The topological polar surface area (TPSA) is 15.3 Å². The Balaban J connectivity index is 1.72. The number of hydrogen-bond donors (Lipinski definition) is 1. The summed E-state index contributed by atoms with van der Waals surface area (Å²) in [6.45, 7) is 3.08. The van der Waals surface area contributed by atoms with E-state index in [2.05, 4.69) is 10.2 Å². The second-order valence-corrected chi connectivity index (χ2v) is 6.84. The van der Waals surface area contributed by atoms with E-state index in [0.717, 1.165) is 41.3 Å². The number of rotatable bonds is 2. The molecule has 110 valence electrons. The highest BCUT2D eigenvalue weighted by atomic mass is 35.5. The Labute approximate surface area is 131 Å². The molecule has 1 unspecified atom stereocenters. The van der Waals surface area contributed by atoms with E-state index in [1.807, 2.05) is 18.2 Å². The van der Waals surface area contributed by atoms with Crippen LogP contribution in [-0.4, -0.2) is 25.7 Å². The van der Waals surface area contributed by atoms with E-state index in [0.29, 0.717) is 6.04 Å². The quantitative estimate of drug-likeness (QED) is 0.873. The van der Waals surface area contributed by atoms with Gasteiger partial charge in [-0.05, 0) is 37.0 Å². The van der Waals surface area contributed by atoms with Gasteiger partial charge in [-0.15, -0.1) is 0 Å². The van der Waals surface area contributed by atoms with Crippen molar-refractivity contribution in [3.8, 4) is 0 Å². The molecule has 1 aliphatic carbocycles. The second kappa shape index (κ2) is 6.55. The lowest BCUT2D eigenvalue weighted by Crippen LogP contribution is -2.54. The summed E-state index contributed by atoms with van der Waals surface area (Å²) < 4.78 is 0. The normalized spacial score (nSPS) is 24.9. The summed E-state index contributed by atoms with van der Waals surface area (Å²) in [6, 6.07) is 6.34. The minimum Gasteiger partial charge on any atom is -0.367 e. The van der Waals surface area contributed by atoms with Crippen LogP contribution in [0.15, 0.2) is 18.2 Å². The van der Waals surface area contributed by atoms with Gasteiger partial charge in [0.05, 0.1) is 10.7 Å². The zero-order chi connectivity index (χ0) is 13.9. The summed E-state index contributed by atoms with van der Waals surface area (Å²) in [5.41, 5.74) is 1.08. The van der Waals surface area contributed by atoms with Crippen molar-refractivity contribution in [1.82, 2.24) is 5.32 Å². The lowest BCUT2D eigenvalue weighted by Gasteiger charge is -2.40. The predicted molar refractivity (Wildman–Crippen MR) is 87.0 cm³/mol. The predicted octanol–water partition coefficient (Wildman–Crippen LogP) is 4.35. The molecule has 4 heteroatoms. The number of hydrogen-bond acceptors (Lipinski definition) is 2. The number of anilines is 1. The Hall–Kier alpha value is -0.440. The maximum Gasteiger partial charge on any atom is 0.0640 e. The van der Waals surface area contributed by atoms with Crippen molar-refractivity contribution < 1.29 is 0 Å². The molecule has 2 fully saturated rings. The number of nitrogens with zero attached hydrogens (tertiary/aromatic N) is 1. The lowest BCUT2D eigenvalue weighted by atomic mass is 9.83. The van der Waals surface area contributed by atoms with Crippen LogP contribution in [0, 0.1) is 5.92 Å². The van der Waals surface area contributed by atoms with E-state index in [9.17, 15) is 0 Å². The molecule has 1 N–H and O–H groups in total. The standard InChI is InChI=1S/C16H22Cl2N2/c17-13-6-7-14(18)16(10-13)20-9-8-19-15(11-20)12-4-2-1-3-5-12/h6-7,10,12,15,19H,1-5,8-9,11H2. The minimum atomic E-state index is 0.596. The molecule has 1 aromatic rings. The van der Waals surface area contributed by atoms with Gasteiger partial charge in [-0.2, -0.15) is 0 Å². The molecule has 1 atom stereocenters. The first-order chi connectivity index (χ1) is 9.74. The van der Waals surface area contributed by atoms with E-state index in [1.165, 1.54) is 32.1 Å². The maximum atomic E-state index is 6.34. The van der Waals surface area contributed by atoms with Gasteiger partial charge in [-0.1, -0.05) is 42.5 Å². The molecule has 1 aliphatic heterocycles. The van der Waals surface area contributed by atoms with Crippen molar-refractivity contribution in [3.63, 3.8) is 0 Å². The van der Waals surface area contributed by atoms with Crippen LogP contribution in [0.5, 0.6) is 0 Å². The number of nitrogens with one attached hydrogen (secondary N) is 1. The molecule has 0 bridgehead atoms. The average molecular weight is 313 g/mol. The van der Waals surface area contributed by atoms with E-state index in [4.69, 9.17) is 23.2 Å². The van der Waals surface area contributed by atoms with Gasteiger partial charge in [-0.25, -0.2) is 0 Å². The summed E-state index contributed by atoms with van der Waals surface area (Å²) in [7, 11) is 0. The third-order valence-electron chi connectivity index (χ3n) is 4.67. The first kappa shape index (κ1) is 14.5. The Morgan fingerprint density at radius 2 is 1.90 bits per heavy atom. The zero-order valence-electron chi connectivity index (χ0n) is 11.7. The van der Waals surface area contributed by atoms with Crippen LogP contribution in [0.2, 0.25) is 10.0 Å². The molecule has 1 heterocycles. The maximum absolute atomic E-state index is 6.34. The highest BCUT2D eigenvalue weighted by molar-refractivity contribution is 6.35. The molecule has 1 saturated heterocycles. The molecule has 3 rings (SSSR count). The summed E-state index contributed by atoms with van der Waals surface area (Å²) >= 11 is 12.5. The Bertz CT molecular complexity index is 458. The van der Waals surface area contributed by atoms with Crippen molar-refractivity contribution in [1.29, 1.82) is 0 Å². The largest absolute Gasteiger partial charge is 0.367 e. The van der Waals surface area contributed by atoms with Crippen LogP contribution in [0.25, 0.3) is 0 Å². The van der Waals surface area contributed by atoms with Gasteiger partial charge >= 0.3 is 0 Å². The molecule has 2 nitrogen and oxygen atoms in total. The van der Waals surface area contributed by atoms with Crippen LogP contribution in [0.3, 0.4) is 0 Å². The number of piperazine rings is 1.